The van der Waals surface area contributed by atoms with Gasteiger partial charge >= 0.3 is 6.18 Å². The fourth-order valence-electron chi connectivity index (χ4n) is 2.33. The Bertz CT molecular complexity index is 844. The summed E-state index contributed by atoms with van der Waals surface area (Å²) in [6, 6.07) is 4.36. The first-order chi connectivity index (χ1) is 12.2. The first-order valence-corrected chi connectivity index (χ1v) is 8.56. The fourth-order valence-corrected chi connectivity index (χ4v) is 3.23. The minimum atomic E-state index is -4.38. The summed E-state index contributed by atoms with van der Waals surface area (Å²) < 4.78 is 44.6. The number of alkyl halides is 3. The maximum atomic E-state index is 12.5. The summed E-state index contributed by atoms with van der Waals surface area (Å²) in [5, 5.41) is 15.2. The minimum absolute atomic E-state index is 0.0443. The van der Waals surface area contributed by atoms with Gasteiger partial charge in [-0.2, -0.15) is 13.2 Å². The van der Waals surface area contributed by atoms with E-state index in [0.29, 0.717) is 5.13 Å². The van der Waals surface area contributed by atoms with E-state index in [-0.39, 0.29) is 18.9 Å². The lowest BCUT2D eigenvalue weighted by molar-refractivity contribution is -0.137. The Morgan fingerprint density at radius 1 is 1.31 bits per heavy atom. The molecule has 1 unspecified atom stereocenters. The van der Waals surface area contributed by atoms with Crippen LogP contribution in [0.2, 0.25) is 0 Å². The molecule has 2 aromatic heterocycles. The van der Waals surface area contributed by atoms with Gasteiger partial charge in [0.05, 0.1) is 17.5 Å². The SMILES string of the molecule is Cc1cn2nc(N(C)CC(O)COc3ccc(C(F)(F)F)cc3)sc2n1. The Labute approximate surface area is 151 Å². The molecule has 3 aromatic rings. The van der Waals surface area contributed by atoms with E-state index in [0.717, 1.165) is 22.8 Å². The summed E-state index contributed by atoms with van der Waals surface area (Å²) in [4.78, 5) is 6.86. The van der Waals surface area contributed by atoms with Gasteiger partial charge in [-0.05, 0) is 31.2 Å². The van der Waals surface area contributed by atoms with E-state index in [1.807, 2.05) is 13.1 Å². The summed E-state index contributed by atoms with van der Waals surface area (Å²) in [7, 11) is 1.78. The van der Waals surface area contributed by atoms with E-state index in [1.54, 1.807) is 16.5 Å². The van der Waals surface area contributed by atoms with Crippen LogP contribution in [-0.4, -0.2) is 46.0 Å². The summed E-state index contributed by atoms with van der Waals surface area (Å²) in [6.45, 7) is 2.10. The van der Waals surface area contributed by atoms with Gasteiger partial charge in [0.2, 0.25) is 10.1 Å². The molecule has 0 aliphatic carbocycles. The minimum Gasteiger partial charge on any atom is -0.491 e. The average molecular weight is 386 g/mol. The number of ether oxygens (including phenoxy) is 1. The average Bonchev–Trinajstić information content (AvgIpc) is 3.10. The number of aromatic nitrogens is 3. The number of likely N-dealkylation sites (N-methyl/N-ethyl adjacent to an activating group) is 1. The first kappa shape index (κ1) is 18.5. The van der Waals surface area contributed by atoms with E-state index >= 15 is 0 Å². The molecule has 0 saturated heterocycles. The quantitative estimate of drug-likeness (QED) is 0.706. The Kier molecular flexibility index (Phi) is 5.05. The number of halogens is 3. The number of aryl methyl sites for hydroxylation is 1. The van der Waals surface area contributed by atoms with E-state index < -0.39 is 17.8 Å². The van der Waals surface area contributed by atoms with Crippen LogP contribution in [0.4, 0.5) is 18.3 Å². The Morgan fingerprint density at radius 3 is 2.62 bits per heavy atom. The molecule has 0 spiro atoms. The number of anilines is 1. The molecular formula is C16H17F3N4O2S. The summed E-state index contributed by atoms with van der Waals surface area (Å²) >= 11 is 1.39. The third-order valence-corrected chi connectivity index (χ3v) is 4.62. The lowest BCUT2D eigenvalue weighted by Crippen LogP contribution is -2.33. The van der Waals surface area contributed by atoms with Crippen LogP contribution >= 0.6 is 11.3 Å². The van der Waals surface area contributed by atoms with E-state index in [9.17, 15) is 18.3 Å². The van der Waals surface area contributed by atoms with Gasteiger partial charge in [-0.3, -0.25) is 0 Å². The molecule has 26 heavy (non-hydrogen) atoms. The zero-order valence-corrected chi connectivity index (χ0v) is 14.9. The van der Waals surface area contributed by atoms with Gasteiger partial charge < -0.3 is 14.7 Å². The first-order valence-electron chi connectivity index (χ1n) is 7.74. The molecule has 140 valence electrons. The highest BCUT2D eigenvalue weighted by Crippen LogP contribution is 2.30. The van der Waals surface area contributed by atoms with Crippen molar-refractivity contribution in [1.29, 1.82) is 0 Å². The smallest absolute Gasteiger partial charge is 0.416 e. The second-order valence-electron chi connectivity index (χ2n) is 5.86. The number of hydrogen-bond acceptors (Lipinski definition) is 6. The van der Waals surface area contributed by atoms with Gasteiger partial charge in [-0.15, -0.1) is 5.10 Å². The van der Waals surface area contributed by atoms with E-state index in [4.69, 9.17) is 4.74 Å². The molecule has 0 fully saturated rings. The molecule has 1 N–H and O–H groups in total. The number of benzene rings is 1. The van der Waals surface area contributed by atoms with Gasteiger partial charge in [-0.1, -0.05) is 11.3 Å². The number of rotatable bonds is 6. The predicted octanol–water partition coefficient (Wildman–Crippen LogP) is 2.99. The van der Waals surface area contributed by atoms with E-state index in [2.05, 4.69) is 10.1 Å². The van der Waals surface area contributed by atoms with Gasteiger partial charge in [0.15, 0.2) is 0 Å². The summed E-state index contributed by atoms with van der Waals surface area (Å²) in [5.74, 6) is 0.267. The van der Waals surface area contributed by atoms with Crippen LogP contribution in [0.15, 0.2) is 30.5 Å². The molecule has 10 heteroatoms. The molecule has 1 atom stereocenters. The maximum absolute atomic E-state index is 12.5. The molecule has 0 saturated carbocycles. The van der Waals surface area contributed by atoms with Gasteiger partial charge in [0, 0.05) is 13.6 Å². The molecule has 0 bridgehead atoms. The second-order valence-corrected chi connectivity index (χ2v) is 6.80. The van der Waals surface area contributed by atoms with Crippen molar-refractivity contribution < 1.29 is 23.0 Å². The van der Waals surface area contributed by atoms with Crippen molar-refractivity contribution in [3.63, 3.8) is 0 Å². The lowest BCUT2D eigenvalue weighted by Gasteiger charge is -2.20. The summed E-state index contributed by atoms with van der Waals surface area (Å²) in [6.07, 6.45) is -3.40. The van der Waals surface area contributed by atoms with E-state index in [1.165, 1.54) is 23.5 Å². The van der Waals surface area contributed by atoms with Crippen molar-refractivity contribution in [2.24, 2.45) is 0 Å². The van der Waals surface area contributed by atoms with Gasteiger partial charge in [-0.25, -0.2) is 9.50 Å². The molecule has 0 amide bonds. The predicted molar refractivity (Wildman–Crippen MR) is 91.8 cm³/mol. The third kappa shape index (κ3) is 4.25. The normalized spacial score (nSPS) is 13.2. The molecule has 0 radical (unpaired) electrons. The topological polar surface area (TPSA) is 62.9 Å². The largest absolute Gasteiger partial charge is 0.491 e. The van der Waals surface area contributed by atoms with Gasteiger partial charge in [0.25, 0.3) is 0 Å². The van der Waals surface area contributed by atoms with Gasteiger partial charge in [0.1, 0.15) is 18.5 Å². The van der Waals surface area contributed by atoms with Crippen molar-refractivity contribution in [2.75, 3.05) is 25.1 Å². The zero-order chi connectivity index (χ0) is 18.9. The molecule has 6 nitrogen and oxygen atoms in total. The highest BCUT2D eigenvalue weighted by atomic mass is 32.1. The van der Waals surface area contributed by atoms with Crippen molar-refractivity contribution >= 4 is 21.4 Å². The molecule has 0 aliphatic heterocycles. The number of nitrogens with zero attached hydrogens (tertiary/aromatic N) is 4. The maximum Gasteiger partial charge on any atom is 0.416 e. The van der Waals surface area contributed by atoms with Crippen molar-refractivity contribution in [3.8, 4) is 5.75 Å². The van der Waals surface area contributed by atoms with Crippen LogP contribution in [0.5, 0.6) is 5.75 Å². The number of imidazole rings is 1. The fraction of sp³-hybridized carbons (Fsp3) is 0.375. The van der Waals surface area contributed by atoms with Crippen molar-refractivity contribution in [1.82, 2.24) is 14.6 Å². The molecule has 2 heterocycles. The third-order valence-electron chi connectivity index (χ3n) is 3.59. The second kappa shape index (κ2) is 7.12. The standard InChI is InChI=1S/C16H17F3N4O2S/c1-10-7-23-14(20-10)26-15(21-23)22(2)8-12(24)9-25-13-5-3-11(4-6-13)16(17,18)19/h3-7,12,24H,8-9H2,1-2H3. The number of aliphatic hydroxyl groups is 1. The number of fused-ring (bicyclic) bond motifs is 1. The number of hydrogen-bond donors (Lipinski definition) is 1. The molecule has 3 rings (SSSR count). The molecular weight excluding hydrogens is 369 g/mol. The van der Waals surface area contributed by atoms with Crippen LogP contribution in [0.1, 0.15) is 11.3 Å². The van der Waals surface area contributed by atoms with Crippen LogP contribution in [0.25, 0.3) is 4.96 Å². The molecule has 1 aromatic carbocycles. The Balaban J connectivity index is 1.53. The van der Waals surface area contributed by atoms with Crippen molar-refractivity contribution in [3.05, 3.63) is 41.7 Å². The monoisotopic (exact) mass is 386 g/mol. The Morgan fingerprint density at radius 2 is 2.00 bits per heavy atom. The highest BCUT2D eigenvalue weighted by Gasteiger charge is 2.30. The highest BCUT2D eigenvalue weighted by molar-refractivity contribution is 7.20. The summed E-state index contributed by atoms with van der Waals surface area (Å²) in [5.41, 5.74) is 0.136. The van der Waals surface area contributed by atoms with Crippen LogP contribution in [0, 0.1) is 6.92 Å². The van der Waals surface area contributed by atoms with Crippen LogP contribution < -0.4 is 9.64 Å². The van der Waals surface area contributed by atoms with Crippen LogP contribution in [-0.2, 0) is 6.18 Å². The van der Waals surface area contributed by atoms with Crippen molar-refractivity contribution in [2.45, 2.75) is 19.2 Å². The number of aliphatic hydroxyl groups excluding tert-OH is 1. The Hall–Kier alpha value is -2.33. The zero-order valence-electron chi connectivity index (χ0n) is 14.1. The lowest BCUT2D eigenvalue weighted by atomic mass is 10.2. The van der Waals surface area contributed by atoms with Crippen LogP contribution in [0.3, 0.4) is 0 Å². The molecule has 0 aliphatic rings.